The molecule has 0 radical (unpaired) electrons. The number of furan rings is 1. The van der Waals surface area contributed by atoms with E-state index < -0.39 is 0 Å². The van der Waals surface area contributed by atoms with E-state index in [1.165, 1.54) is 0 Å². The van der Waals surface area contributed by atoms with Gasteiger partial charge in [0, 0.05) is 6.42 Å². The fourth-order valence-corrected chi connectivity index (χ4v) is 1.09. The second-order valence-corrected chi connectivity index (χ2v) is 2.96. The van der Waals surface area contributed by atoms with E-state index in [0.717, 1.165) is 17.9 Å². The van der Waals surface area contributed by atoms with Crippen molar-refractivity contribution < 1.29 is 9.21 Å². The molecule has 0 unspecified atom stereocenters. The molecule has 0 bridgehead atoms. The Balaban J connectivity index is 2.58. The molecule has 4 heteroatoms. The number of amides is 1. The molecular formula is C8H10INO2. The lowest BCUT2D eigenvalue weighted by Crippen LogP contribution is -2.13. The smallest absolute Gasteiger partial charge is 0.236 e. The SMILES string of the molecule is CCc1ccc(CC(=O)NI)o1. The minimum atomic E-state index is -0.0346. The molecule has 1 amide bonds. The zero-order valence-corrected chi connectivity index (χ0v) is 8.92. The van der Waals surface area contributed by atoms with Crippen LogP contribution in [-0.4, -0.2) is 5.91 Å². The second kappa shape index (κ2) is 4.49. The molecule has 1 N–H and O–H groups in total. The molecule has 66 valence electrons. The van der Waals surface area contributed by atoms with E-state index in [1.54, 1.807) is 0 Å². The normalized spacial score (nSPS) is 9.83. The van der Waals surface area contributed by atoms with Crippen molar-refractivity contribution in [2.45, 2.75) is 19.8 Å². The van der Waals surface area contributed by atoms with Crippen molar-refractivity contribution in [3.8, 4) is 0 Å². The van der Waals surface area contributed by atoms with Gasteiger partial charge in [-0.1, -0.05) is 6.92 Å². The summed E-state index contributed by atoms with van der Waals surface area (Å²) >= 11 is 1.82. The summed E-state index contributed by atoms with van der Waals surface area (Å²) in [5.41, 5.74) is 0. The van der Waals surface area contributed by atoms with Gasteiger partial charge in [0.05, 0.1) is 29.3 Å². The first-order valence-electron chi connectivity index (χ1n) is 3.73. The minimum Gasteiger partial charge on any atom is -0.466 e. The molecule has 1 rings (SSSR count). The van der Waals surface area contributed by atoms with Crippen molar-refractivity contribution in [2.75, 3.05) is 0 Å². The lowest BCUT2D eigenvalue weighted by atomic mass is 10.3. The van der Waals surface area contributed by atoms with E-state index in [9.17, 15) is 4.79 Å². The molecule has 3 nitrogen and oxygen atoms in total. The van der Waals surface area contributed by atoms with Gasteiger partial charge in [0.2, 0.25) is 5.91 Å². The van der Waals surface area contributed by atoms with Gasteiger partial charge in [0.25, 0.3) is 0 Å². The Morgan fingerprint density at radius 3 is 2.75 bits per heavy atom. The molecule has 1 aromatic heterocycles. The zero-order chi connectivity index (χ0) is 8.97. The summed E-state index contributed by atoms with van der Waals surface area (Å²) in [6.45, 7) is 2.01. The molecule has 0 atom stereocenters. The van der Waals surface area contributed by atoms with Gasteiger partial charge in [-0.25, -0.2) is 0 Å². The topological polar surface area (TPSA) is 42.2 Å². The number of nitrogens with one attached hydrogen (secondary N) is 1. The van der Waals surface area contributed by atoms with E-state index in [4.69, 9.17) is 4.42 Å². The first-order valence-corrected chi connectivity index (χ1v) is 4.81. The standard InChI is InChI=1S/C8H10INO2/c1-2-6-3-4-7(12-6)5-8(11)10-9/h3-4H,2,5H2,1H3,(H,10,11). The van der Waals surface area contributed by atoms with Gasteiger partial charge in [0.1, 0.15) is 11.5 Å². The maximum absolute atomic E-state index is 10.9. The van der Waals surface area contributed by atoms with Crippen LogP contribution < -0.4 is 3.53 Å². The molecule has 0 saturated carbocycles. The Morgan fingerprint density at radius 2 is 2.25 bits per heavy atom. The molecule has 12 heavy (non-hydrogen) atoms. The molecule has 1 heterocycles. The largest absolute Gasteiger partial charge is 0.466 e. The molecule has 0 aliphatic heterocycles. The summed E-state index contributed by atoms with van der Waals surface area (Å²) in [4.78, 5) is 10.9. The van der Waals surface area contributed by atoms with Crippen LogP contribution in [0.2, 0.25) is 0 Å². The zero-order valence-electron chi connectivity index (χ0n) is 6.76. The molecule has 1 aromatic rings. The number of halogens is 1. The number of aryl methyl sites for hydroxylation is 1. The monoisotopic (exact) mass is 279 g/mol. The third-order valence-corrected chi connectivity index (χ3v) is 2.11. The van der Waals surface area contributed by atoms with E-state index in [0.29, 0.717) is 6.42 Å². The van der Waals surface area contributed by atoms with E-state index in [1.807, 2.05) is 41.9 Å². The lowest BCUT2D eigenvalue weighted by molar-refractivity contribution is -0.118. The Labute approximate surface area is 85.0 Å². The van der Waals surface area contributed by atoms with E-state index >= 15 is 0 Å². The van der Waals surface area contributed by atoms with Gasteiger partial charge in [-0.3, -0.25) is 8.32 Å². The van der Waals surface area contributed by atoms with Gasteiger partial charge in [-0.2, -0.15) is 0 Å². The van der Waals surface area contributed by atoms with Crippen LogP contribution >= 0.6 is 22.9 Å². The molecule has 0 saturated heterocycles. The lowest BCUT2D eigenvalue weighted by Gasteiger charge is -1.93. The predicted octanol–water partition coefficient (Wildman–Crippen LogP) is 1.85. The van der Waals surface area contributed by atoms with Crippen molar-refractivity contribution in [3.05, 3.63) is 23.7 Å². The second-order valence-electron chi connectivity index (χ2n) is 2.42. The highest BCUT2D eigenvalue weighted by Gasteiger charge is 2.05. The average Bonchev–Trinajstić information content (AvgIpc) is 2.52. The first kappa shape index (κ1) is 9.57. The highest BCUT2D eigenvalue weighted by Crippen LogP contribution is 2.08. The highest BCUT2D eigenvalue weighted by atomic mass is 127. The summed E-state index contributed by atoms with van der Waals surface area (Å²) in [5.74, 6) is 1.61. The number of hydrogen-bond acceptors (Lipinski definition) is 2. The molecule has 0 aliphatic rings. The third-order valence-electron chi connectivity index (χ3n) is 1.51. The van der Waals surface area contributed by atoms with Crippen LogP contribution in [0.15, 0.2) is 16.5 Å². The number of rotatable bonds is 3. The maximum atomic E-state index is 10.9. The van der Waals surface area contributed by atoms with Crippen molar-refractivity contribution in [1.29, 1.82) is 0 Å². The Hall–Kier alpha value is -0.520. The summed E-state index contributed by atoms with van der Waals surface area (Å²) in [6, 6.07) is 3.74. The van der Waals surface area contributed by atoms with Crippen molar-refractivity contribution >= 4 is 28.8 Å². The Kier molecular flexibility index (Phi) is 3.58. The van der Waals surface area contributed by atoms with Crippen LogP contribution in [0.5, 0.6) is 0 Å². The summed E-state index contributed by atoms with van der Waals surface area (Å²) in [6.07, 6.45) is 1.19. The van der Waals surface area contributed by atoms with E-state index in [-0.39, 0.29) is 5.91 Å². The Bertz CT molecular complexity index is 270. The van der Waals surface area contributed by atoms with Gasteiger partial charge in [0.15, 0.2) is 0 Å². The van der Waals surface area contributed by atoms with Crippen LogP contribution in [0.4, 0.5) is 0 Å². The molecule has 0 spiro atoms. The maximum Gasteiger partial charge on any atom is 0.236 e. The van der Waals surface area contributed by atoms with Crippen LogP contribution in [0.1, 0.15) is 18.4 Å². The molecule has 0 aliphatic carbocycles. The van der Waals surface area contributed by atoms with Gasteiger partial charge >= 0.3 is 0 Å². The number of carbonyl (C=O) groups excluding carboxylic acids is 1. The summed E-state index contributed by atoms with van der Waals surface area (Å²) < 4.78 is 7.85. The first-order chi connectivity index (χ1) is 5.76. The van der Waals surface area contributed by atoms with Gasteiger partial charge in [-0.15, -0.1) is 0 Å². The van der Waals surface area contributed by atoms with Crippen molar-refractivity contribution in [3.63, 3.8) is 0 Å². The fraction of sp³-hybridized carbons (Fsp3) is 0.375. The van der Waals surface area contributed by atoms with Gasteiger partial charge < -0.3 is 4.42 Å². The molecular weight excluding hydrogens is 269 g/mol. The van der Waals surface area contributed by atoms with Crippen LogP contribution in [-0.2, 0) is 17.6 Å². The highest BCUT2D eigenvalue weighted by molar-refractivity contribution is 14.1. The fourth-order valence-electron chi connectivity index (χ4n) is 0.899. The molecule has 0 fully saturated rings. The van der Waals surface area contributed by atoms with Crippen molar-refractivity contribution in [1.82, 2.24) is 3.53 Å². The average molecular weight is 279 g/mol. The van der Waals surface area contributed by atoms with Crippen LogP contribution in [0, 0.1) is 0 Å². The molecule has 0 aromatic carbocycles. The minimum absolute atomic E-state index is 0.0346. The van der Waals surface area contributed by atoms with Crippen LogP contribution in [0.3, 0.4) is 0 Å². The Morgan fingerprint density at radius 1 is 1.58 bits per heavy atom. The third kappa shape index (κ3) is 2.51. The number of carbonyl (C=O) groups is 1. The quantitative estimate of drug-likeness (QED) is 0.677. The summed E-state index contributed by atoms with van der Waals surface area (Å²) in [5, 5.41) is 0. The van der Waals surface area contributed by atoms with Crippen molar-refractivity contribution in [2.24, 2.45) is 0 Å². The summed E-state index contributed by atoms with van der Waals surface area (Å²) in [7, 11) is 0. The van der Waals surface area contributed by atoms with E-state index in [2.05, 4.69) is 3.53 Å². The van der Waals surface area contributed by atoms with Gasteiger partial charge in [-0.05, 0) is 12.1 Å². The number of hydrogen-bond donors (Lipinski definition) is 1. The predicted molar refractivity (Wildman–Crippen MR) is 54.0 cm³/mol. The van der Waals surface area contributed by atoms with Crippen LogP contribution in [0.25, 0.3) is 0 Å².